The summed E-state index contributed by atoms with van der Waals surface area (Å²) in [5, 5.41) is 8.49. The molecular formula is C20H36N2O3. The van der Waals surface area contributed by atoms with Crippen molar-refractivity contribution in [1.29, 1.82) is 0 Å². The van der Waals surface area contributed by atoms with Crippen LogP contribution in [0.25, 0.3) is 0 Å². The molecule has 0 aliphatic rings. The molecule has 1 heterocycles. The van der Waals surface area contributed by atoms with Crippen LogP contribution >= 0.6 is 0 Å². The van der Waals surface area contributed by atoms with Crippen LogP contribution in [-0.4, -0.2) is 21.0 Å². The van der Waals surface area contributed by atoms with Gasteiger partial charge < -0.3 is 10.1 Å². The highest BCUT2D eigenvalue weighted by atomic mass is 16.4. The first-order valence-corrected chi connectivity index (χ1v) is 9.87. The number of hydrogen-bond donors (Lipinski definition) is 2. The average molecular weight is 353 g/mol. The minimum atomic E-state index is -0.655. The van der Waals surface area contributed by atoms with Gasteiger partial charge in [-0.25, -0.2) is 4.98 Å². The van der Waals surface area contributed by atoms with E-state index >= 15 is 0 Å². The Morgan fingerprint density at radius 3 is 1.72 bits per heavy atom. The summed E-state index contributed by atoms with van der Waals surface area (Å²) in [5.41, 5.74) is -0.116. The number of unbranched alkanes of at least 4 members (excludes halogenated alkanes) is 12. The fraction of sp³-hybridized carbons (Fsp3) is 0.750. The molecule has 5 nitrogen and oxygen atoms in total. The molecule has 0 saturated carbocycles. The molecule has 0 unspecified atom stereocenters. The number of carboxylic acid groups (broad SMARTS) is 1. The fourth-order valence-electron chi connectivity index (χ4n) is 2.60. The molecule has 0 bridgehead atoms. The molecule has 0 aliphatic heterocycles. The van der Waals surface area contributed by atoms with E-state index in [1.54, 1.807) is 0 Å². The van der Waals surface area contributed by atoms with Crippen molar-refractivity contribution in [2.45, 2.75) is 96.8 Å². The van der Waals surface area contributed by atoms with Crippen molar-refractivity contribution >= 4 is 5.97 Å². The van der Waals surface area contributed by atoms with Crippen LogP contribution in [0.1, 0.15) is 96.8 Å². The van der Waals surface area contributed by atoms with Crippen LogP contribution in [0.15, 0.2) is 23.4 Å². The van der Waals surface area contributed by atoms with Crippen molar-refractivity contribution in [1.82, 2.24) is 9.97 Å². The highest BCUT2D eigenvalue weighted by Gasteiger charge is 1.96. The standard InChI is InChI=1S/C16H32O2.C4H4N2O/c1-2-3-4-5-6-7-8-9-10-11-12-13-14-15-16(17)18;7-4-1-2-5-3-6-4/h2-15H2,1H3,(H,17,18);1-3H,(H,5,6,7). The van der Waals surface area contributed by atoms with Gasteiger partial charge in [0.05, 0.1) is 6.33 Å². The van der Waals surface area contributed by atoms with E-state index in [1.165, 1.54) is 89.2 Å². The Morgan fingerprint density at radius 1 is 0.920 bits per heavy atom. The summed E-state index contributed by atoms with van der Waals surface area (Å²) in [5.74, 6) is -0.655. The van der Waals surface area contributed by atoms with E-state index in [2.05, 4.69) is 16.9 Å². The minimum absolute atomic E-state index is 0.116. The van der Waals surface area contributed by atoms with Crippen LogP contribution in [0.2, 0.25) is 0 Å². The second-order valence-electron chi connectivity index (χ2n) is 6.49. The maximum absolute atomic E-state index is 10.3. The van der Waals surface area contributed by atoms with Gasteiger partial charge in [0.15, 0.2) is 0 Å². The molecule has 144 valence electrons. The molecule has 0 saturated heterocycles. The Kier molecular flexibility index (Phi) is 17.5. The van der Waals surface area contributed by atoms with Crippen LogP contribution < -0.4 is 5.56 Å². The molecule has 1 aromatic heterocycles. The molecular weight excluding hydrogens is 316 g/mol. The SMILES string of the molecule is CCCCCCCCCCCCCCCC(=O)O.O=c1ccnc[nH]1. The summed E-state index contributed by atoms with van der Waals surface area (Å²) >= 11 is 0. The lowest BCUT2D eigenvalue weighted by atomic mass is 10.0. The Balaban J connectivity index is 0.000000676. The topological polar surface area (TPSA) is 83.0 Å². The van der Waals surface area contributed by atoms with E-state index in [4.69, 9.17) is 5.11 Å². The van der Waals surface area contributed by atoms with Gasteiger partial charge in [0, 0.05) is 18.7 Å². The number of aromatic amines is 1. The van der Waals surface area contributed by atoms with Crippen molar-refractivity contribution in [2.75, 3.05) is 0 Å². The smallest absolute Gasteiger partial charge is 0.303 e. The number of aliphatic carboxylic acids is 1. The first-order chi connectivity index (χ1) is 12.2. The number of nitrogens with zero attached hydrogens (tertiary/aromatic N) is 1. The highest BCUT2D eigenvalue weighted by molar-refractivity contribution is 5.66. The number of aromatic nitrogens is 2. The third-order valence-corrected chi connectivity index (χ3v) is 4.09. The maximum atomic E-state index is 10.3. The zero-order chi connectivity index (χ0) is 18.6. The van der Waals surface area contributed by atoms with E-state index in [0.29, 0.717) is 6.42 Å². The average Bonchev–Trinajstić information content (AvgIpc) is 2.60. The second kappa shape index (κ2) is 18.7. The molecule has 0 aromatic carbocycles. The van der Waals surface area contributed by atoms with Crippen LogP contribution in [0.4, 0.5) is 0 Å². The summed E-state index contributed by atoms with van der Waals surface area (Å²) < 4.78 is 0. The maximum Gasteiger partial charge on any atom is 0.303 e. The molecule has 2 N–H and O–H groups in total. The molecule has 1 rings (SSSR count). The van der Waals surface area contributed by atoms with Gasteiger partial charge in [-0.15, -0.1) is 0 Å². The van der Waals surface area contributed by atoms with Gasteiger partial charge in [-0.3, -0.25) is 9.59 Å². The number of carbonyl (C=O) groups is 1. The van der Waals surface area contributed by atoms with Gasteiger partial charge in [-0.2, -0.15) is 0 Å². The fourth-order valence-corrected chi connectivity index (χ4v) is 2.60. The number of hydrogen-bond acceptors (Lipinski definition) is 3. The zero-order valence-electron chi connectivity index (χ0n) is 15.8. The Morgan fingerprint density at radius 2 is 1.40 bits per heavy atom. The van der Waals surface area contributed by atoms with Gasteiger partial charge in [0.25, 0.3) is 5.56 Å². The molecule has 0 amide bonds. The molecule has 0 radical (unpaired) electrons. The number of nitrogens with one attached hydrogen (secondary N) is 1. The summed E-state index contributed by atoms with van der Waals surface area (Å²) in [4.78, 5) is 26.4. The van der Waals surface area contributed by atoms with Crippen molar-refractivity contribution in [3.05, 3.63) is 28.9 Å². The van der Waals surface area contributed by atoms with E-state index in [1.807, 2.05) is 0 Å². The molecule has 1 aromatic rings. The predicted octanol–water partition coefficient (Wildman–Crippen LogP) is 5.32. The van der Waals surface area contributed by atoms with Crippen LogP contribution in [0, 0.1) is 0 Å². The quantitative estimate of drug-likeness (QED) is 0.444. The van der Waals surface area contributed by atoms with E-state index in [0.717, 1.165) is 12.8 Å². The largest absolute Gasteiger partial charge is 0.481 e. The van der Waals surface area contributed by atoms with Crippen LogP contribution in [0.5, 0.6) is 0 Å². The third-order valence-electron chi connectivity index (χ3n) is 4.09. The summed E-state index contributed by atoms with van der Waals surface area (Å²) in [6, 6.07) is 1.36. The van der Waals surface area contributed by atoms with Gasteiger partial charge in [0.1, 0.15) is 0 Å². The molecule has 0 spiro atoms. The Labute approximate surface area is 152 Å². The second-order valence-corrected chi connectivity index (χ2v) is 6.49. The van der Waals surface area contributed by atoms with Crippen LogP contribution in [-0.2, 0) is 4.79 Å². The van der Waals surface area contributed by atoms with Gasteiger partial charge in [-0.1, -0.05) is 84.0 Å². The Bertz CT molecular complexity index is 443. The normalized spacial score (nSPS) is 10.1. The van der Waals surface area contributed by atoms with E-state index < -0.39 is 5.97 Å². The summed E-state index contributed by atoms with van der Waals surface area (Å²) in [7, 11) is 0. The highest BCUT2D eigenvalue weighted by Crippen LogP contribution is 2.12. The Hall–Kier alpha value is -1.65. The van der Waals surface area contributed by atoms with Crippen molar-refractivity contribution in [3.63, 3.8) is 0 Å². The van der Waals surface area contributed by atoms with Crippen molar-refractivity contribution in [3.8, 4) is 0 Å². The van der Waals surface area contributed by atoms with Gasteiger partial charge in [0.2, 0.25) is 0 Å². The van der Waals surface area contributed by atoms with Crippen LogP contribution in [0.3, 0.4) is 0 Å². The van der Waals surface area contributed by atoms with E-state index in [-0.39, 0.29) is 5.56 Å². The monoisotopic (exact) mass is 352 g/mol. The molecule has 5 heteroatoms. The lowest BCUT2D eigenvalue weighted by Crippen LogP contribution is -2.00. The first-order valence-electron chi connectivity index (χ1n) is 9.87. The number of H-pyrrole nitrogens is 1. The lowest BCUT2D eigenvalue weighted by Gasteiger charge is -2.02. The lowest BCUT2D eigenvalue weighted by molar-refractivity contribution is -0.137. The predicted molar refractivity (Wildman–Crippen MR) is 103 cm³/mol. The summed E-state index contributed by atoms with van der Waals surface area (Å²) in [6.07, 6.45) is 20.1. The van der Waals surface area contributed by atoms with Crippen molar-refractivity contribution < 1.29 is 9.90 Å². The molecule has 25 heavy (non-hydrogen) atoms. The number of carboxylic acids is 1. The van der Waals surface area contributed by atoms with Gasteiger partial charge >= 0.3 is 5.97 Å². The summed E-state index contributed by atoms with van der Waals surface area (Å²) in [6.45, 7) is 2.26. The minimum Gasteiger partial charge on any atom is -0.481 e. The number of rotatable bonds is 14. The molecule has 0 atom stereocenters. The van der Waals surface area contributed by atoms with Gasteiger partial charge in [-0.05, 0) is 6.42 Å². The van der Waals surface area contributed by atoms with E-state index in [9.17, 15) is 9.59 Å². The van der Waals surface area contributed by atoms with Crippen molar-refractivity contribution in [2.24, 2.45) is 0 Å². The first kappa shape index (κ1) is 23.4. The molecule has 0 fully saturated rings. The zero-order valence-corrected chi connectivity index (χ0v) is 15.8. The molecule has 0 aliphatic carbocycles. The third kappa shape index (κ3) is 20.3.